The lowest BCUT2D eigenvalue weighted by molar-refractivity contribution is 0.161. The van der Waals surface area contributed by atoms with Gasteiger partial charge in [0.1, 0.15) is 12.4 Å². The Balaban J connectivity index is 2.55. The van der Waals surface area contributed by atoms with Crippen molar-refractivity contribution in [3.63, 3.8) is 0 Å². The number of pyridine rings is 1. The van der Waals surface area contributed by atoms with Crippen LogP contribution < -0.4 is 16.8 Å². The second kappa shape index (κ2) is 5.55. The van der Waals surface area contributed by atoms with Gasteiger partial charge in [0, 0.05) is 0 Å². The molecule has 88 valence electrons. The quantitative estimate of drug-likeness (QED) is 0.724. The van der Waals surface area contributed by atoms with Gasteiger partial charge in [-0.15, -0.1) is 0 Å². The van der Waals surface area contributed by atoms with Gasteiger partial charge < -0.3 is 21.5 Å². The summed E-state index contributed by atoms with van der Waals surface area (Å²) >= 11 is 3.37. The van der Waals surface area contributed by atoms with E-state index in [1.165, 1.54) is 0 Å². The molecule has 7 heteroatoms. The van der Waals surface area contributed by atoms with Gasteiger partial charge in [-0.2, -0.15) is 0 Å². The van der Waals surface area contributed by atoms with Gasteiger partial charge in [-0.1, -0.05) is 0 Å². The molecule has 0 atom stereocenters. The molecule has 0 spiro atoms. The van der Waals surface area contributed by atoms with Crippen LogP contribution in [0.3, 0.4) is 0 Å². The average Bonchev–Trinajstić information content (AvgIpc) is 2.23. The summed E-state index contributed by atoms with van der Waals surface area (Å²) in [5, 5.41) is 2.99. The highest BCUT2D eigenvalue weighted by Gasteiger charge is 2.06. The Morgan fingerprint density at radius 1 is 1.69 bits per heavy atom. The van der Waals surface area contributed by atoms with Gasteiger partial charge in [0.15, 0.2) is 0 Å². The van der Waals surface area contributed by atoms with Crippen LogP contribution in [-0.4, -0.2) is 24.2 Å². The lowest BCUT2D eigenvalue weighted by atomic mass is 10.2. The third kappa shape index (κ3) is 3.27. The molecule has 0 aliphatic carbocycles. The number of nitrogens with one attached hydrogen (secondary N) is 1. The Bertz CT molecular complexity index is 397. The smallest absolute Gasteiger partial charge is 0.404 e. The van der Waals surface area contributed by atoms with Crippen LogP contribution >= 0.6 is 15.9 Å². The third-order valence-corrected chi connectivity index (χ3v) is 2.91. The molecule has 5 N–H and O–H groups in total. The number of amides is 1. The molecular formula is C9H13BrN4O2. The lowest BCUT2D eigenvalue weighted by Crippen LogP contribution is -2.18. The Morgan fingerprint density at radius 2 is 2.38 bits per heavy atom. The number of halogens is 1. The van der Waals surface area contributed by atoms with Crippen LogP contribution in [0, 0.1) is 6.92 Å². The molecule has 16 heavy (non-hydrogen) atoms. The number of nitrogens with two attached hydrogens (primary N) is 2. The number of primary amides is 1. The van der Waals surface area contributed by atoms with E-state index in [1.54, 1.807) is 6.20 Å². The minimum absolute atomic E-state index is 0.187. The number of aromatic nitrogens is 1. The SMILES string of the molecule is Cc1c(N)cnc(NCCOC(N)=O)c1Br. The monoisotopic (exact) mass is 288 g/mol. The van der Waals surface area contributed by atoms with Gasteiger partial charge in [-0.3, -0.25) is 0 Å². The van der Waals surface area contributed by atoms with Gasteiger partial charge in [0.25, 0.3) is 0 Å². The van der Waals surface area contributed by atoms with E-state index in [0.717, 1.165) is 10.0 Å². The zero-order chi connectivity index (χ0) is 12.1. The number of nitrogens with zero attached hydrogens (tertiary/aromatic N) is 1. The molecule has 1 aromatic heterocycles. The first-order valence-electron chi connectivity index (χ1n) is 4.59. The molecule has 0 unspecified atom stereocenters. The minimum atomic E-state index is -0.790. The molecule has 0 aromatic carbocycles. The van der Waals surface area contributed by atoms with E-state index in [-0.39, 0.29) is 6.61 Å². The summed E-state index contributed by atoms with van der Waals surface area (Å²) in [5.74, 6) is 0.653. The summed E-state index contributed by atoms with van der Waals surface area (Å²) in [4.78, 5) is 14.4. The van der Waals surface area contributed by atoms with Gasteiger partial charge in [-0.25, -0.2) is 9.78 Å². The molecule has 0 aliphatic heterocycles. The average molecular weight is 289 g/mol. The van der Waals surface area contributed by atoms with E-state index in [1.807, 2.05) is 6.92 Å². The van der Waals surface area contributed by atoms with Crippen molar-refractivity contribution in [2.24, 2.45) is 5.73 Å². The van der Waals surface area contributed by atoms with Gasteiger partial charge >= 0.3 is 6.09 Å². The molecule has 6 nitrogen and oxygen atoms in total. The second-order valence-corrected chi connectivity index (χ2v) is 3.89. The minimum Gasteiger partial charge on any atom is -0.448 e. The topological polar surface area (TPSA) is 103 Å². The molecule has 0 aliphatic rings. The summed E-state index contributed by atoms with van der Waals surface area (Å²) in [7, 11) is 0. The fourth-order valence-corrected chi connectivity index (χ4v) is 1.51. The second-order valence-electron chi connectivity index (χ2n) is 3.10. The molecule has 0 saturated heterocycles. The number of anilines is 2. The van der Waals surface area contributed by atoms with Crippen molar-refractivity contribution in [3.05, 3.63) is 16.2 Å². The van der Waals surface area contributed by atoms with Gasteiger partial charge in [0.05, 0.1) is 22.9 Å². The normalized spacial score (nSPS) is 9.88. The van der Waals surface area contributed by atoms with Gasteiger partial charge in [0.2, 0.25) is 0 Å². The largest absolute Gasteiger partial charge is 0.448 e. The van der Waals surface area contributed by atoms with Crippen LogP contribution in [0.2, 0.25) is 0 Å². The number of rotatable bonds is 4. The van der Waals surface area contributed by atoms with Crippen molar-refractivity contribution in [2.75, 3.05) is 24.2 Å². The number of hydrogen-bond donors (Lipinski definition) is 3. The van der Waals surface area contributed by atoms with E-state index in [2.05, 4.69) is 31.0 Å². The Labute approximate surface area is 101 Å². The summed E-state index contributed by atoms with van der Waals surface area (Å²) in [6, 6.07) is 0. The maximum atomic E-state index is 10.3. The Morgan fingerprint density at radius 3 is 3.00 bits per heavy atom. The summed E-state index contributed by atoms with van der Waals surface area (Å²) in [5.41, 5.74) is 12.0. The summed E-state index contributed by atoms with van der Waals surface area (Å²) in [6.45, 7) is 2.50. The fourth-order valence-electron chi connectivity index (χ4n) is 1.04. The van der Waals surface area contributed by atoms with Crippen molar-refractivity contribution >= 4 is 33.5 Å². The van der Waals surface area contributed by atoms with Crippen LogP contribution in [0.15, 0.2) is 10.7 Å². The van der Waals surface area contributed by atoms with E-state index in [0.29, 0.717) is 18.1 Å². The maximum absolute atomic E-state index is 10.3. The molecule has 0 fully saturated rings. The molecular weight excluding hydrogens is 276 g/mol. The van der Waals surface area contributed by atoms with Crippen molar-refractivity contribution in [1.29, 1.82) is 0 Å². The van der Waals surface area contributed by atoms with Crippen molar-refractivity contribution < 1.29 is 9.53 Å². The van der Waals surface area contributed by atoms with Crippen LogP contribution in [0.1, 0.15) is 5.56 Å². The molecule has 0 saturated carbocycles. The lowest BCUT2D eigenvalue weighted by Gasteiger charge is -2.10. The van der Waals surface area contributed by atoms with Crippen LogP contribution in [-0.2, 0) is 4.74 Å². The highest BCUT2D eigenvalue weighted by molar-refractivity contribution is 9.10. The highest BCUT2D eigenvalue weighted by Crippen LogP contribution is 2.27. The predicted octanol–water partition coefficient (Wildman–Crippen LogP) is 1.24. The van der Waals surface area contributed by atoms with Crippen LogP contribution in [0.5, 0.6) is 0 Å². The summed E-state index contributed by atoms with van der Waals surface area (Å²) in [6.07, 6.45) is 0.777. The molecule has 0 radical (unpaired) electrons. The van der Waals surface area contributed by atoms with E-state index >= 15 is 0 Å². The molecule has 1 aromatic rings. The van der Waals surface area contributed by atoms with Crippen LogP contribution in [0.25, 0.3) is 0 Å². The zero-order valence-electron chi connectivity index (χ0n) is 8.79. The first-order valence-corrected chi connectivity index (χ1v) is 5.38. The van der Waals surface area contributed by atoms with Crippen molar-refractivity contribution in [1.82, 2.24) is 4.98 Å². The Kier molecular flexibility index (Phi) is 4.36. The molecule has 1 heterocycles. The number of carbonyl (C=O) groups excluding carboxylic acids is 1. The summed E-state index contributed by atoms with van der Waals surface area (Å²) < 4.78 is 5.36. The van der Waals surface area contributed by atoms with Crippen molar-refractivity contribution in [2.45, 2.75) is 6.92 Å². The fraction of sp³-hybridized carbons (Fsp3) is 0.333. The zero-order valence-corrected chi connectivity index (χ0v) is 10.4. The number of carbonyl (C=O) groups is 1. The predicted molar refractivity (Wildman–Crippen MR) is 65.1 cm³/mol. The molecule has 1 rings (SSSR count). The van der Waals surface area contributed by atoms with E-state index < -0.39 is 6.09 Å². The van der Waals surface area contributed by atoms with E-state index in [9.17, 15) is 4.79 Å². The number of ether oxygens (including phenoxy) is 1. The molecule has 1 amide bonds. The van der Waals surface area contributed by atoms with E-state index in [4.69, 9.17) is 11.5 Å². The van der Waals surface area contributed by atoms with Crippen molar-refractivity contribution in [3.8, 4) is 0 Å². The third-order valence-electron chi connectivity index (χ3n) is 1.94. The van der Waals surface area contributed by atoms with Gasteiger partial charge in [-0.05, 0) is 28.4 Å². The highest BCUT2D eigenvalue weighted by atomic mass is 79.9. The molecule has 0 bridgehead atoms. The first-order chi connectivity index (χ1) is 7.52. The Hall–Kier alpha value is -1.50. The standard InChI is InChI=1S/C9H13BrN4O2/c1-5-6(11)4-14-8(7(5)10)13-2-3-16-9(12)15/h4H,2-3,11H2,1H3,(H2,12,15)(H,13,14). The van der Waals surface area contributed by atoms with Crippen LogP contribution in [0.4, 0.5) is 16.3 Å². The maximum Gasteiger partial charge on any atom is 0.404 e. The first kappa shape index (κ1) is 12.6. The number of nitrogen functional groups attached to an aromatic ring is 1. The number of hydrogen-bond acceptors (Lipinski definition) is 5.